The first-order valence-electron chi connectivity index (χ1n) is 6.26. The van der Waals surface area contributed by atoms with E-state index in [9.17, 15) is 14.9 Å². The Morgan fingerprint density at radius 1 is 1.29 bits per heavy atom. The molecule has 1 aromatic carbocycles. The molecular formula is C14H14N4O3. The van der Waals surface area contributed by atoms with E-state index in [0.29, 0.717) is 16.9 Å². The van der Waals surface area contributed by atoms with Gasteiger partial charge in [-0.15, -0.1) is 0 Å². The third kappa shape index (κ3) is 3.53. The van der Waals surface area contributed by atoms with Gasteiger partial charge in [-0.05, 0) is 12.1 Å². The summed E-state index contributed by atoms with van der Waals surface area (Å²) in [5.41, 5.74) is 0.838. The number of nitro benzene ring substituents is 1. The molecule has 0 radical (unpaired) electrons. The summed E-state index contributed by atoms with van der Waals surface area (Å²) < 4.78 is 0. The molecule has 0 fully saturated rings. The molecule has 0 aliphatic rings. The number of benzene rings is 1. The summed E-state index contributed by atoms with van der Waals surface area (Å²) in [4.78, 5) is 26.4. The van der Waals surface area contributed by atoms with Crippen molar-refractivity contribution in [3.8, 4) is 0 Å². The Balaban J connectivity index is 2.05. The Hall–Kier alpha value is -2.96. The van der Waals surface area contributed by atoms with Crippen LogP contribution in [0.15, 0.2) is 42.6 Å². The van der Waals surface area contributed by atoms with Gasteiger partial charge in [-0.25, -0.2) is 4.98 Å². The van der Waals surface area contributed by atoms with Crippen LogP contribution in [0.3, 0.4) is 0 Å². The Morgan fingerprint density at radius 3 is 2.67 bits per heavy atom. The molecule has 1 aromatic heterocycles. The number of carbonyl (C=O) groups excluding carboxylic acids is 1. The van der Waals surface area contributed by atoms with E-state index in [-0.39, 0.29) is 18.1 Å². The summed E-state index contributed by atoms with van der Waals surface area (Å²) in [6, 6.07) is 9.61. The average Bonchev–Trinajstić information content (AvgIpc) is 2.52. The number of amides is 1. The van der Waals surface area contributed by atoms with E-state index < -0.39 is 4.92 Å². The molecule has 0 saturated heterocycles. The highest BCUT2D eigenvalue weighted by atomic mass is 16.6. The lowest BCUT2D eigenvalue weighted by Gasteiger charge is -2.06. The van der Waals surface area contributed by atoms with Crippen molar-refractivity contribution in [2.24, 2.45) is 0 Å². The standard InChI is InChI=1S/C14H14N4O3/c1-15-13-7-6-11(9-16-13)14(19)17-8-10-4-2-3-5-12(10)18(20)21/h2-7,9H,8H2,1H3,(H,15,16)(H,17,19). The highest BCUT2D eigenvalue weighted by molar-refractivity contribution is 5.94. The van der Waals surface area contributed by atoms with Crippen molar-refractivity contribution in [2.75, 3.05) is 12.4 Å². The van der Waals surface area contributed by atoms with Crippen LogP contribution in [0, 0.1) is 10.1 Å². The summed E-state index contributed by atoms with van der Waals surface area (Å²) in [5, 5.41) is 16.4. The predicted molar refractivity (Wildman–Crippen MR) is 78.1 cm³/mol. The second-order valence-corrected chi connectivity index (χ2v) is 4.25. The zero-order chi connectivity index (χ0) is 15.2. The van der Waals surface area contributed by atoms with E-state index in [2.05, 4.69) is 15.6 Å². The van der Waals surface area contributed by atoms with Crippen LogP contribution in [0.2, 0.25) is 0 Å². The van der Waals surface area contributed by atoms with E-state index in [0.717, 1.165) is 0 Å². The Morgan fingerprint density at radius 2 is 2.05 bits per heavy atom. The van der Waals surface area contributed by atoms with Crippen molar-refractivity contribution < 1.29 is 9.72 Å². The predicted octanol–water partition coefficient (Wildman–Crippen LogP) is 1.96. The molecule has 2 rings (SSSR count). The van der Waals surface area contributed by atoms with Crippen LogP contribution in [-0.4, -0.2) is 22.9 Å². The molecule has 21 heavy (non-hydrogen) atoms. The van der Waals surface area contributed by atoms with E-state index in [1.165, 1.54) is 12.3 Å². The van der Waals surface area contributed by atoms with Gasteiger partial charge < -0.3 is 10.6 Å². The molecule has 0 bridgehead atoms. The van der Waals surface area contributed by atoms with Crippen molar-refractivity contribution in [2.45, 2.75) is 6.54 Å². The Kier molecular flexibility index (Phi) is 4.45. The van der Waals surface area contributed by atoms with E-state index in [1.54, 1.807) is 37.4 Å². The normalized spacial score (nSPS) is 9.95. The molecule has 1 amide bonds. The van der Waals surface area contributed by atoms with Crippen LogP contribution < -0.4 is 10.6 Å². The number of pyridine rings is 1. The van der Waals surface area contributed by atoms with Gasteiger partial charge in [0.1, 0.15) is 5.82 Å². The van der Waals surface area contributed by atoms with Crippen LogP contribution in [-0.2, 0) is 6.54 Å². The van der Waals surface area contributed by atoms with E-state index in [1.807, 2.05) is 0 Å². The number of nitrogens with one attached hydrogen (secondary N) is 2. The Labute approximate surface area is 121 Å². The lowest BCUT2D eigenvalue weighted by atomic mass is 10.1. The van der Waals surface area contributed by atoms with Gasteiger partial charge in [0, 0.05) is 31.4 Å². The fourth-order valence-electron chi connectivity index (χ4n) is 1.79. The number of hydrogen-bond acceptors (Lipinski definition) is 5. The van der Waals surface area contributed by atoms with Gasteiger partial charge >= 0.3 is 0 Å². The molecule has 0 saturated carbocycles. The molecule has 2 N–H and O–H groups in total. The van der Waals surface area contributed by atoms with Gasteiger partial charge in [0.2, 0.25) is 0 Å². The minimum absolute atomic E-state index is 0.0125. The van der Waals surface area contributed by atoms with Crippen LogP contribution in [0.1, 0.15) is 15.9 Å². The largest absolute Gasteiger partial charge is 0.373 e. The summed E-state index contributed by atoms with van der Waals surface area (Å²) >= 11 is 0. The highest BCUT2D eigenvalue weighted by Crippen LogP contribution is 2.17. The lowest BCUT2D eigenvalue weighted by Crippen LogP contribution is -2.23. The summed E-state index contributed by atoms with van der Waals surface area (Å²) in [6.07, 6.45) is 1.45. The Bertz CT molecular complexity index is 656. The third-order valence-corrected chi connectivity index (χ3v) is 2.91. The zero-order valence-corrected chi connectivity index (χ0v) is 11.4. The number of anilines is 1. The average molecular weight is 286 g/mol. The highest BCUT2D eigenvalue weighted by Gasteiger charge is 2.13. The molecule has 0 unspecified atom stereocenters. The second-order valence-electron chi connectivity index (χ2n) is 4.25. The topological polar surface area (TPSA) is 97.2 Å². The zero-order valence-electron chi connectivity index (χ0n) is 11.4. The van der Waals surface area contributed by atoms with Gasteiger partial charge in [0.15, 0.2) is 0 Å². The smallest absolute Gasteiger partial charge is 0.274 e. The second kappa shape index (κ2) is 6.47. The minimum Gasteiger partial charge on any atom is -0.373 e. The lowest BCUT2D eigenvalue weighted by molar-refractivity contribution is -0.385. The van der Waals surface area contributed by atoms with Crippen molar-refractivity contribution in [1.29, 1.82) is 0 Å². The molecule has 0 spiro atoms. The fraction of sp³-hybridized carbons (Fsp3) is 0.143. The van der Waals surface area contributed by atoms with Crippen LogP contribution >= 0.6 is 0 Å². The number of carbonyl (C=O) groups is 1. The van der Waals surface area contributed by atoms with Gasteiger partial charge in [-0.2, -0.15) is 0 Å². The van der Waals surface area contributed by atoms with E-state index >= 15 is 0 Å². The molecule has 7 nitrogen and oxygen atoms in total. The van der Waals surface area contributed by atoms with Gasteiger partial charge in [0.05, 0.1) is 10.5 Å². The van der Waals surface area contributed by atoms with Crippen molar-refractivity contribution in [3.05, 3.63) is 63.8 Å². The van der Waals surface area contributed by atoms with Gasteiger partial charge in [-0.1, -0.05) is 18.2 Å². The van der Waals surface area contributed by atoms with Crippen molar-refractivity contribution in [1.82, 2.24) is 10.3 Å². The van der Waals surface area contributed by atoms with Crippen LogP contribution in [0.5, 0.6) is 0 Å². The molecule has 0 aliphatic heterocycles. The molecule has 108 valence electrons. The van der Waals surface area contributed by atoms with Gasteiger partial charge in [-0.3, -0.25) is 14.9 Å². The maximum Gasteiger partial charge on any atom is 0.274 e. The summed E-state index contributed by atoms with van der Waals surface area (Å²) in [5.74, 6) is 0.327. The van der Waals surface area contributed by atoms with Crippen molar-refractivity contribution in [3.63, 3.8) is 0 Å². The molecule has 7 heteroatoms. The quantitative estimate of drug-likeness (QED) is 0.647. The molecule has 0 aliphatic carbocycles. The maximum absolute atomic E-state index is 12.0. The minimum atomic E-state index is -0.468. The molecular weight excluding hydrogens is 272 g/mol. The number of hydrogen-bond donors (Lipinski definition) is 2. The SMILES string of the molecule is CNc1ccc(C(=O)NCc2ccccc2[N+](=O)[O-])cn1. The number of nitro groups is 1. The summed E-state index contributed by atoms with van der Waals surface area (Å²) in [6.45, 7) is 0.0871. The van der Waals surface area contributed by atoms with Crippen LogP contribution in [0.4, 0.5) is 11.5 Å². The molecule has 2 aromatic rings. The monoisotopic (exact) mass is 286 g/mol. The first-order valence-corrected chi connectivity index (χ1v) is 6.26. The maximum atomic E-state index is 12.0. The number of rotatable bonds is 5. The van der Waals surface area contributed by atoms with Gasteiger partial charge in [0.25, 0.3) is 11.6 Å². The number of aromatic nitrogens is 1. The van der Waals surface area contributed by atoms with Crippen molar-refractivity contribution >= 4 is 17.4 Å². The first kappa shape index (κ1) is 14.4. The fourth-order valence-corrected chi connectivity index (χ4v) is 1.79. The summed E-state index contributed by atoms with van der Waals surface area (Å²) in [7, 11) is 1.73. The van der Waals surface area contributed by atoms with E-state index in [4.69, 9.17) is 0 Å². The first-order chi connectivity index (χ1) is 10.1. The van der Waals surface area contributed by atoms with Crippen LogP contribution in [0.25, 0.3) is 0 Å². The molecule has 0 atom stereocenters. The number of para-hydroxylation sites is 1. The number of nitrogens with zero attached hydrogens (tertiary/aromatic N) is 2. The third-order valence-electron chi connectivity index (χ3n) is 2.91. The molecule has 1 heterocycles.